The summed E-state index contributed by atoms with van der Waals surface area (Å²) < 4.78 is 5.69. The fourth-order valence-corrected chi connectivity index (χ4v) is 2.77. The van der Waals surface area contributed by atoms with E-state index in [1.807, 2.05) is 38.1 Å². The molecule has 1 amide bonds. The van der Waals surface area contributed by atoms with E-state index in [2.05, 4.69) is 36.6 Å². The van der Waals surface area contributed by atoms with Crippen molar-refractivity contribution in [2.24, 2.45) is 0 Å². The van der Waals surface area contributed by atoms with Crippen LogP contribution < -0.4 is 15.4 Å². The molecule has 2 rings (SSSR count). The number of carbonyl (C=O) groups is 1. The number of ether oxygens (including phenoxy) is 1. The van der Waals surface area contributed by atoms with Gasteiger partial charge in [-0.3, -0.25) is 4.79 Å². The van der Waals surface area contributed by atoms with Crippen LogP contribution in [0.4, 0.5) is 11.4 Å². The number of aryl methyl sites for hydroxylation is 3. The molecular formula is C21H28N2O2. The molecule has 2 N–H and O–H groups in total. The van der Waals surface area contributed by atoms with Crippen molar-refractivity contribution in [2.75, 3.05) is 23.8 Å². The Morgan fingerprint density at radius 1 is 1.08 bits per heavy atom. The maximum Gasteiger partial charge on any atom is 0.243 e. The van der Waals surface area contributed by atoms with Crippen molar-refractivity contribution in [3.63, 3.8) is 0 Å². The predicted octanol–water partition coefficient (Wildman–Crippen LogP) is 4.84. The molecule has 0 unspecified atom stereocenters. The highest BCUT2D eigenvalue weighted by Crippen LogP contribution is 2.22. The molecule has 0 aliphatic heterocycles. The van der Waals surface area contributed by atoms with E-state index in [1.165, 1.54) is 5.56 Å². The van der Waals surface area contributed by atoms with Crippen LogP contribution in [0.5, 0.6) is 5.75 Å². The Labute approximate surface area is 150 Å². The highest BCUT2D eigenvalue weighted by atomic mass is 16.5. The van der Waals surface area contributed by atoms with Gasteiger partial charge in [-0.25, -0.2) is 0 Å². The topological polar surface area (TPSA) is 50.4 Å². The standard InChI is InChI=1S/C21H28N2O2/c1-5-6-10-25-19-9-7-8-18(13-19)22-14-20(24)23-21-16(3)11-15(2)12-17(21)4/h7-9,11-13,22H,5-6,10,14H2,1-4H3,(H,23,24). The summed E-state index contributed by atoms with van der Waals surface area (Å²) in [4.78, 5) is 12.3. The van der Waals surface area contributed by atoms with Crippen LogP contribution in [0.3, 0.4) is 0 Å². The Kier molecular flexibility index (Phi) is 6.87. The van der Waals surface area contributed by atoms with Gasteiger partial charge >= 0.3 is 0 Å². The van der Waals surface area contributed by atoms with Crippen LogP contribution in [-0.2, 0) is 4.79 Å². The molecular weight excluding hydrogens is 312 g/mol. The van der Waals surface area contributed by atoms with Gasteiger partial charge in [-0.05, 0) is 50.5 Å². The minimum absolute atomic E-state index is 0.0626. The van der Waals surface area contributed by atoms with Crippen LogP contribution in [0.1, 0.15) is 36.5 Å². The van der Waals surface area contributed by atoms with Gasteiger partial charge in [-0.15, -0.1) is 0 Å². The number of benzene rings is 2. The molecule has 0 heterocycles. The molecule has 4 nitrogen and oxygen atoms in total. The van der Waals surface area contributed by atoms with Gasteiger partial charge in [0.1, 0.15) is 5.75 Å². The number of amides is 1. The number of anilines is 2. The summed E-state index contributed by atoms with van der Waals surface area (Å²) in [6.07, 6.45) is 2.14. The van der Waals surface area contributed by atoms with Crippen molar-refractivity contribution >= 4 is 17.3 Å². The van der Waals surface area contributed by atoms with Gasteiger partial charge in [0.15, 0.2) is 0 Å². The number of nitrogens with one attached hydrogen (secondary N) is 2. The van der Waals surface area contributed by atoms with Crippen LogP contribution in [0, 0.1) is 20.8 Å². The van der Waals surface area contributed by atoms with Gasteiger partial charge < -0.3 is 15.4 Å². The van der Waals surface area contributed by atoms with E-state index in [-0.39, 0.29) is 12.5 Å². The van der Waals surface area contributed by atoms with Crippen LogP contribution in [-0.4, -0.2) is 19.1 Å². The summed E-state index contributed by atoms with van der Waals surface area (Å²) >= 11 is 0. The quantitative estimate of drug-likeness (QED) is 0.676. The van der Waals surface area contributed by atoms with Crippen LogP contribution in [0.25, 0.3) is 0 Å². The fourth-order valence-electron chi connectivity index (χ4n) is 2.77. The molecule has 134 valence electrons. The molecule has 0 fully saturated rings. The summed E-state index contributed by atoms with van der Waals surface area (Å²) in [6.45, 7) is 9.15. The summed E-state index contributed by atoms with van der Waals surface area (Å²) in [6, 6.07) is 11.9. The molecule has 0 radical (unpaired) electrons. The molecule has 25 heavy (non-hydrogen) atoms. The van der Waals surface area contributed by atoms with E-state index >= 15 is 0 Å². The van der Waals surface area contributed by atoms with Crippen LogP contribution in [0.2, 0.25) is 0 Å². The highest BCUT2D eigenvalue weighted by Gasteiger charge is 2.08. The first-order valence-electron chi connectivity index (χ1n) is 8.84. The smallest absolute Gasteiger partial charge is 0.243 e. The molecule has 0 aliphatic rings. The molecule has 4 heteroatoms. The van der Waals surface area contributed by atoms with Crippen molar-refractivity contribution in [1.29, 1.82) is 0 Å². The lowest BCUT2D eigenvalue weighted by Crippen LogP contribution is -2.22. The van der Waals surface area contributed by atoms with E-state index < -0.39 is 0 Å². The average molecular weight is 340 g/mol. The van der Waals surface area contributed by atoms with Crippen molar-refractivity contribution in [3.8, 4) is 5.75 Å². The second-order valence-corrected chi connectivity index (χ2v) is 6.41. The Bertz CT molecular complexity index is 703. The number of hydrogen-bond acceptors (Lipinski definition) is 3. The first-order chi connectivity index (χ1) is 12.0. The summed E-state index contributed by atoms with van der Waals surface area (Å²) in [5.74, 6) is 0.761. The Morgan fingerprint density at radius 2 is 1.80 bits per heavy atom. The zero-order chi connectivity index (χ0) is 18.2. The lowest BCUT2D eigenvalue weighted by atomic mass is 10.1. The monoisotopic (exact) mass is 340 g/mol. The number of hydrogen-bond donors (Lipinski definition) is 2. The molecule has 0 spiro atoms. The van der Waals surface area contributed by atoms with Crippen molar-refractivity contribution in [3.05, 3.63) is 53.1 Å². The number of unbranched alkanes of at least 4 members (excludes halogenated alkanes) is 1. The third-order valence-corrected chi connectivity index (χ3v) is 4.00. The summed E-state index contributed by atoms with van der Waals surface area (Å²) in [7, 11) is 0. The third-order valence-electron chi connectivity index (χ3n) is 4.00. The second-order valence-electron chi connectivity index (χ2n) is 6.41. The van der Waals surface area contributed by atoms with Gasteiger partial charge in [-0.2, -0.15) is 0 Å². The van der Waals surface area contributed by atoms with Gasteiger partial charge in [0, 0.05) is 17.4 Å². The molecule has 2 aromatic rings. The third kappa shape index (κ3) is 5.82. The molecule has 0 saturated carbocycles. The van der Waals surface area contributed by atoms with E-state index in [0.29, 0.717) is 6.61 Å². The Hall–Kier alpha value is -2.49. The first kappa shape index (κ1) is 18.8. The molecule has 0 saturated heterocycles. The maximum absolute atomic E-state index is 12.3. The molecule has 0 aliphatic carbocycles. The molecule has 0 bridgehead atoms. The SMILES string of the molecule is CCCCOc1cccc(NCC(=O)Nc2c(C)cc(C)cc2C)c1. The minimum atomic E-state index is -0.0626. The number of carbonyl (C=O) groups excluding carboxylic acids is 1. The second kappa shape index (κ2) is 9.11. The fraction of sp³-hybridized carbons (Fsp3) is 0.381. The average Bonchev–Trinajstić information content (AvgIpc) is 2.57. The van der Waals surface area contributed by atoms with Crippen molar-refractivity contribution < 1.29 is 9.53 Å². The first-order valence-corrected chi connectivity index (χ1v) is 8.84. The zero-order valence-corrected chi connectivity index (χ0v) is 15.6. The normalized spacial score (nSPS) is 10.4. The Balaban J connectivity index is 1.91. The van der Waals surface area contributed by atoms with Crippen molar-refractivity contribution in [1.82, 2.24) is 0 Å². The summed E-state index contributed by atoms with van der Waals surface area (Å²) in [5, 5.41) is 6.15. The van der Waals surface area contributed by atoms with E-state index in [1.54, 1.807) is 0 Å². The van der Waals surface area contributed by atoms with E-state index in [9.17, 15) is 4.79 Å². The van der Waals surface area contributed by atoms with Crippen LogP contribution >= 0.6 is 0 Å². The van der Waals surface area contributed by atoms with Crippen LogP contribution in [0.15, 0.2) is 36.4 Å². The van der Waals surface area contributed by atoms with Gasteiger partial charge in [0.2, 0.25) is 5.91 Å². The molecule has 0 atom stereocenters. The van der Waals surface area contributed by atoms with E-state index in [4.69, 9.17) is 4.74 Å². The largest absolute Gasteiger partial charge is 0.494 e. The lowest BCUT2D eigenvalue weighted by molar-refractivity contribution is -0.114. The maximum atomic E-state index is 12.3. The van der Waals surface area contributed by atoms with E-state index in [0.717, 1.165) is 41.1 Å². The molecule has 0 aromatic heterocycles. The van der Waals surface area contributed by atoms with Crippen molar-refractivity contribution in [2.45, 2.75) is 40.5 Å². The van der Waals surface area contributed by atoms with Gasteiger partial charge in [-0.1, -0.05) is 37.1 Å². The predicted molar refractivity (Wildman–Crippen MR) is 105 cm³/mol. The van der Waals surface area contributed by atoms with Gasteiger partial charge in [0.05, 0.1) is 13.2 Å². The minimum Gasteiger partial charge on any atom is -0.494 e. The highest BCUT2D eigenvalue weighted by molar-refractivity contribution is 5.95. The number of rotatable bonds is 8. The molecule has 2 aromatic carbocycles. The lowest BCUT2D eigenvalue weighted by Gasteiger charge is -2.14. The zero-order valence-electron chi connectivity index (χ0n) is 15.6. The summed E-state index contributed by atoms with van der Waals surface area (Å²) in [5.41, 5.74) is 5.14. The Morgan fingerprint density at radius 3 is 2.48 bits per heavy atom. The van der Waals surface area contributed by atoms with Gasteiger partial charge in [0.25, 0.3) is 0 Å².